The number of piperidine rings is 1. The van der Waals surface area contributed by atoms with E-state index in [1.165, 1.54) is 32.2 Å². The van der Waals surface area contributed by atoms with Gasteiger partial charge in [0.1, 0.15) is 0 Å². The molecule has 0 aromatic carbocycles. The van der Waals surface area contributed by atoms with Gasteiger partial charge in [-0.2, -0.15) is 0 Å². The van der Waals surface area contributed by atoms with Crippen LogP contribution in [0.3, 0.4) is 0 Å². The number of carbonyl (C=O) groups is 1. The molecule has 2 aliphatic rings. The van der Waals surface area contributed by atoms with Gasteiger partial charge >= 0.3 is 0 Å². The zero-order valence-corrected chi connectivity index (χ0v) is 12.0. The third-order valence-corrected chi connectivity index (χ3v) is 4.85. The monoisotopic (exact) mass is 252 g/mol. The summed E-state index contributed by atoms with van der Waals surface area (Å²) in [4.78, 5) is 14.4. The lowest BCUT2D eigenvalue weighted by Crippen LogP contribution is -2.45. The Bertz CT molecular complexity index is 262. The standard InChI is InChI=1S/C15H28N2O/c1-3-12(4-2)15(18)17-10-7-13(8-11-17)14-6-5-9-16-14/h12-14,16H,3-11H2,1-2H3. The SMILES string of the molecule is CCC(CC)C(=O)N1CCC(C2CCCN2)CC1. The molecule has 104 valence electrons. The fourth-order valence-corrected chi connectivity index (χ4v) is 3.53. The van der Waals surface area contributed by atoms with E-state index in [2.05, 4.69) is 24.1 Å². The fourth-order valence-electron chi connectivity index (χ4n) is 3.53. The van der Waals surface area contributed by atoms with E-state index in [-0.39, 0.29) is 5.92 Å². The predicted molar refractivity (Wildman–Crippen MR) is 74.4 cm³/mol. The van der Waals surface area contributed by atoms with Crippen LogP contribution in [-0.2, 0) is 4.79 Å². The smallest absolute Gasteiger partial charge is 0.225 e. The van der Waals surface area contributed by atoms with Gasteiger partial charge in [0.2, 0.25) is 5.91 Å². The van der Waals surface area contributed by atoms with Crippen molar-refractivity contribution in [2.45, 2.75) is 58.4 Å². The molecule has 0 aromatic rings. The van der Waals surface area contributed by atoms with Gasteiger partial charge in [0, 0.05) is 25.0 Å². The Morgan fingerprint density at radius 1 is 1.22 bits per heavy atom. The van der Waals surface area contributed by atoms with E-state index in [9.17, 15) is 4.79 Å². The van der Waals surface area contributed by atoms with E-state index in [1.54, 1.807) is 0 Å². The van der Waals surface area contributed by atoms with Crippen LogP contribution in [0.5, 0.6) is 0 Å². The summed E-state index contributed by atoms with van der Waals surface area (Å²) in [6, 6.07) is 0.732. The Labute approximate surface area is 111 Å². The average Bonchev–Trinajstić information content (AvgIpc) is 2.94. The maximum Gasteiger partial charge on any atom is 0.225 e. The zero-order valence-electron chi connectivity index (χ0n) is 12.0. The quantitative estimate of drug-likeness (QED) is 0.833. The molecule has 2 fully saturated rings. The van der Waals surface area contributed by atoms with Crippen LogP contribution in [0, 0.1) is 11.8 Å². The molecule has 1 unspecified atom stereocenters. The predicted octanol–water partition coefficient (Wildman–Crippen LogP) is 2.41. The van der Waals surface area contributed by atoms with Crippen molar-refractivity contribution < 1.29 is 4.79 Å². The summed E-state index contributed by atoms with van der Waals surface area (Å²) in [5, 5.41) is 3.61. The summed E-state index contributed by atoms with van der Waals surface area (Å²) in [7, 11) is 0. The largest absolute Gasteiger partial charge is 0.342 e. The third kappa shape index (κ3) is 3.05. The normalized spacial score (nSPS) is 25.9. The molecule has 1 amide bonds. The molecule has 1 atom stereocenters. The third-order valence-electron chi connectivity index (χ3n) is 4.85. The van der Waals surface area contributed by atoms with Gasteiger partial charge in [0.15, 0.2) is 0 Å². The number of nitrogens with zero attached hydrogens (tertiary/aromatic N) is 1. The van der Waals surface area contributed by atoms with Gasteiger partial charge in [0.05, 0.1) is 0 Å². The Morgan fingerprint density at radius 3 is 2.39 bits per heavy atom. The molecule has 18 heavy (non-hydrogen) atoms. The second-order valence-corrected chi connectivity index (χ2v) is 5.88. The van der Waals surface area contributed by atoms with Crippen molar-refractivity contribution in [1.29, 1.82) is 0 Å². The highest BCUT2D eigenvalue weighted by atomic mass is 16.2. The molecule has 2 heterocycles. The molecule has 1 N–H and O–H groups in total. The summed E-state index contributed by atoms with van der Waals surface area (Å²) in [6.45, 7) is 7.41. The number of amides is 1. The first kappa shape index (κ1) is 13.9. The number of rotatable bonds is 4. The molecule has 2 saturated heterocycles. The topological polar surface area (TPSA) is 32.3 Å². The molecule has 0 aliphatic carbocycles. The van der Waals surface area contributed by atoms with E-state index < -0.39 is 0 Å². The molecule has 0 aromatic heterocycles. The number of hydrogen-bond donors (Lipinski definition) is 1. The van der Waals surface area contributed by atoms with Gasteiger partial charge in [0.25, 0.3) is 0 Å². The van der Waals surface area contributed by atoms with Gasteiger partial charge in [-0.15, -0.1) is 0 Å². The van der Waals surface area contributed by atoms with Crippen LogP contribution in [0.15, 0.2) is 0 Å². The van der Waals surface area contributed by atoms with Crippen molar-refractivity contribution in [1.82, 2.24) is 10.2 Å². The minimum Gasteiger partial charge on any atom is -0.342 e. The van der Waals surface area contributed by atoms with Crippen LogP contribution >= 0.6 is 0 Å². The molecule has 3 nitrogen and oxygen atoms in total. The summed E-state index contributed by atoms with van der Waals surface area (Å²) in [5.74, 6) is 1.46. The van der Waals surface area contributed by atoms with Crippen LogP contribution in [0.1, 0.15) is 52.4 Å². The van der Waals surface area contributed by atoms with Crippen molar-refractivity contribution in [3.63, 3.8) is 0 Å². The molecule has 2 rings (SSSR count). The summed E-state index contributed by atoms with van der Waals surface area (Å²) >= 11 is 0. The Morgan fingerprint density at radius 2 is 1.89 bits per heavy atom. The Kier molecular flexibility index (Phi) is 5.04. The van der Waals surface area contributed by atoms with E-state index in [4.69, 9.17) is 0 Å². The van der Waals surface area contributed by atoms with Crippen LogP contribution in [-0.4, -0.2) is 36.5 Å². The van der Waals surface area contributed by atoms with Crippen molar-refractivity contribution in [3.8, 4) is 0 Å². The van der Waals surface area contributed by atoms with Gasteiger partial charge in [-0.25, -0.2) is 0 Å². The maximum absolute atomic E-state index is 12.3. The van der Waals surface area contributed by atoms with E-state index in [0.29, 0.717) is 5.91 Å². The molecular weight excluding hydrogens is 224 g/mol. The lowest BCUT2D eigenvalue weighted by atomic mass is 9.88. The van der Waals surface area contributed by atoms with Crippen LogP contribution in [0.4, 0.5) is 0 Å². The first-order valence-electron chi connectivity index (χ1n) is 7.78. The van der Waals surface area contributed by atoms with Gasteiger partial charge < -0.3 is 10.2 Å². The number of nitrogens with one attached hydrogen (secondary N) is 1. The zero-order chi connectivity index (χ0) is 13.0. The van der Waals surface area contributed by atoms with E-state index >= 15 is 0 Å². The number of carbonyl (C=O) groups excluding carboxylic acids is 1. The fraction of sp³-hybridized carbons (Fsp3) is 0.933. The average molecular weight is 252 g/mol. The summed E-state index contributed by atoms with van der Waals surface area (Å²) < 4.78 is 0. The van der Waals surface area contributed by atoms with Crippen LogP contribution in [0.2, 0.25) is 0 Å². The second-order valence-electron chi connectivity index (χ2n) is 5.88. The van der Waals surface area contributed by atoms with Gasteiger partial charge in [-0.05, 0) is 51.0 Å². The Hall–Kier alpha value is -0.570. The maximum atomic E-state index is 12.3. The molecule has 2 aliphatic heterocycles. The van der Waals surface area contributed by atoms with Gasteiger partial charge in [-0.3, -0.25) is 4.79 Å². The first-order chi connectivity index (χ1) is 8.76. The minimum absolute atomic E-state index is 0.256. The molecule has 0 radical (unpaired) electrons. The highest BCUT2D eigenvalue weighted by Gasteiger charge is 2.31. The summed E-state index contributed by atoms with van der Waals surface area (Å²) in [6.07, 6.45) is 7.04. The molecule has 0 spiro atoms. The Balaban J connectivity index is 1.80. The van der Waals surface area contributed by atoms with Crippen LogP contribution < -0.4 is 5.32 Å². The van der Waals surface area contributed by atoms with Crippen molar-refractivity contribution >= 4 is 5.91 Å². The molecule has 0 bridgehead atoms. The molecule has 0 saturated carbocycles. The summed E-state index contributed by atoms with van der Waals surface area (Å²) in [5.41, 5.74) is 0. The lowest BCUT2D eigenvalue weighted by Gasteiger charge is -2.36. The second kappa shape index (κ2) is 6.55. The van der Waals surface area contributed by atoms with E-state index in [0.717, 1.165) is 37.9 Å². The van der Waals surface area contributed by atoms with E-state index in [1.807, 2.05) is 0 Å². The van der Waals surface area contributed by atoms with Crippen LogP contribution in [0.25, 0.3) is 0 Å². The molecule has 3 heteroatoms. The van der Waals surface area contributed by atoms with Crippen molar-refractivity contribution in [3.05, 3.63) is 0 Å². The number of likely N-dealkylation sites (tertiary alicyclic amines) is 1. The van der Waals surface area contributed by atoms with Gasteiger partial charge in [-0.1, -0.05) is 13.8 Å². The highest BCUT2D eigenvalue weighted by Crippen LogP contribution is 2.26. The van der Waals surface area contributed by atoms with Crippen molar-refractivity contribution in [2.24, 2.45) is 11.8 Å². The first-order valence-corrected chi connectivity index (χ1v) is 7.78. The molecular formula is C15H28N2O. The highest BCUT2D eigenvalue weighted by molar-refractivity contribution is 5.78. The number of hydrogen-bond acceptors (Lipinski definition) is 2. The van der Waals surface area contributed by atoms with Crippen molar-refractivity contribution in [2.75, 3.05) is 19.6 Å². The lowest BCUT2D eigenvalue weighted by molar-refractivity contribution is -0.137. The minimum atomic E-state index is 0.256.